The lowest BCUT2D eigenvalue weighted by Gasteiger charge is -2.35. The molecule has 4 heterocycles. The zero-order valence-corrected chi connectivity index (χ0v) is 18.5. The Balaban J connectivity index is 1.30. The van der Waals surface area contributed by atoms with Crippen molar-refractivity contribution in [3.63, 3.8) is 0 Å². The summed E-state index contributed by atoms with van der Waals surface area (Å²) in [6.07, 6.45) is 9.94. The Morgan fingerprint density at radius 2 is 2.03 bits per heavy atom. The summed E-state index contributed by atoms with van der Waals surface area (Å²) < 4.78 is 14.8. The molecule has 2 bridgehead atoms. The van der Waals surface area contributed by atoms with E-state index in [2.05, 4.69) is 39.8 Å². The van der Waals surface area contributed by atoms with Gasteiger partial charge in [0, 0.05) is 24.4 Å². The van der Waals surface area contributed by atoms with E-state index in [4.69, 9.17) is 15.2 Å². The van der Waals surface area contributed by atoms with Crippen LogP contribution in [-0.4, -0.2) is 44.1 Å². The monoisotopic (exact) mass is 434 g/mol. The summed E-state index contributed by atoms with van der Waals surface area (Å²) in [5.41, 5.74) is 9.11. The highest BCUT2D eigenvalue weighted by Crippen LogP contribution is 2.50. The summed E-state index contributed by atoms with van der Waals surface area (Å²) in [7, 11) is 0. The van der Waals surface area contributed by atoms with Crippen LogP contribution in [0.5, 0.6) is 5.75 Å². The Morgan fingerprint density at radius 3 is 2.75 bits per heavy atom. The normalized spacial score (nSPS) is 31.2. The van der Waals surface area contributed by atoms with Crippen LogP contribution in [0.4, 0.5) is 5.82 Å². The maximum Gasteiger partial charge on any atom is 0.146 e. The van der Waals surface area contributed by atoms with Gasteiger partial charge in [-0.25, -0.2) is 9.97 Å². The van der Waals surface area contributed by atoms with E-state index >= 15 is 0 Å². The van der Waals surface area contributed by atoms with Gasteiger partial charge in [-0.3, -0.25) is 0 Å². The fourth-order valence-corrected chi connectivity index (χ4v) is 5.79. The molecule has 0 spiro atoms. The van der Waals surface area contributed by atoms with E-state index in [0.717, 1.165) is 66.4 Å². The maximum absolute atomic E-state index is 9.43. The molecule has 2 aromatic heterocycles. The highest BCUT2D eigenvalue weighted by Gasteiger charge is 2.53. The average molecular weight is 435 g/mol. The number of fused-ring (bicyclic) bond motifs is 3. The van der Waals surface area contributed by atoms with Crippen molar-refractivity contribution in [2.24, 2.45) is 5.92 Å². The van der Waals surface area contributed by atoms with Crippen LogP contribution in [0.3, 0.4) is 0 Å². The number of nitrogen functional groups attached to an aromatic ring is 1. The number of nitrogens with zero attached hydrogens (tertiary/aromatic N) is 3. The molecule has 0 amide bonds. The molecule has 1 aromatic carbocycles. The molecule has 3 aliphatic rings. The lowest BCUT2D eigenvalue weighted by molar-refractivity contribution is -0.0597. The molecule has 3 fully saturated rings. The van der Waals surface area contributed by atoms with E-state index in [0.29, 0.717) is 24.4 Å². The Labute approximate surface area is 187 Å². The first-order chi connectivity index (χ1) is 15.5. The molecular weight excluding hydrogens is 404 g/mol. The van der Waals surface area contributed by atoms with Crippen LogP contribution >= 0.6 is 0 Å². The van der Waals surface area contributed by atoms with Crippen molar-refractivity contribution < 1.29 is 14.6 Å². The van der Waals surface area contributed by atoms with E-state index in [1.165, 1.54) is 6.33 Å². The van der Waals surface area contributed by atoms with E-state index in [9.17, 15) is 5.11 Å². The lowest BCUT2D eigenvalue weighted by atomic mass is 9.81. The molecule has 168 valence electrons. The third-order valence-corrected chi connectivity index (χ3v) is 7.83. The molecule has 7 heteroatoms. The van der Waals surface area contributed by atoms with Crippen LogP contribution in [0, 0.1) is 5.92 Å². The number of ether oxygens (including phenoxy) is 2. The van der Waals surface area contributed by atoms with Crippen LogP contribution in [-0.2, 0) is 4.74 Å². The Hall–Kier alpha value is -2.64. The first kappa shape index (κ1) is 20.0. The van der Waals surface area contributed by atoms with Crippen molar-refractivity contribution in [3.8, 4) is 16.9 Å². The topological polar surface area (TPSA) is 95.4 Å². The predicted molar refractivity (Wildman–Crippen MR) is 122 cm³/mol. The van der Waals surface area contributed by atoms with Gasteiger partial charge in [0.1, 0.15) is 35.7 Å². The van der Waals surface area contributed by atoms with Gasteiger partial charge in [-0.05, 0) is 69.1 Å². The number of rotatable bonds is 6. The SMILES string of the molecule is C[C@]12CC[C@](COc3cccc(-c4cn(C5CC(CO)C5)c5ncnc(N)c45)c3)(CC1)O2. The summed E-state index contributed by atoms with van der Waals surface area (Å²) in [6.45, 7) is 3.04. The molecule has 7 nitrogen and oxygen atoms in total. The molecule has 2 aliphatic heterocycles. The van der Waals surface area contributed by atoms with Crippen molar-refractivity contribution in [3.05, 3.63) is 36.8 Å². The second-order valence-corrected chi connectivity index (χ2v) is 10.1. The molecular formula is C25H30N4O3. The highest BCUT2D eigenvalue weighted by atomic mass is 16.6. The van der Waals surface area contributed by atoms with Crippen LogP contribution in [0.25, 0.3) is 22.2 Å². The second kappa shape index (κ2) is 7.18. The molecule has 2 saturated heterocycles. The van der Waals surface area contributed by atoms with Gasteiger partial charge in [0.2, 0.25) is 0 Å². The summed E-state index contributed by atoms with van der Waals surface area (Å²) >= 11 is 0. The van der Waals surface area contributed by atoms with Crippen molar-refractivity contribution in [1.29, 1.82) is 0 Å². The summed E-state index contributed by atoms with van der Waals surface area (Å²) in [5.74, 6) is 1.68. The van der Waals surface area contributed by atoms with Crippen LogP contribution in [0.1, 0.15) is 51.5 Å². The number of aromatic nitrogens is 3. The predicted octanol–water partition coefficient (Wildman–Crippen LogP) is 4.10. The zero-order chi connectivity index (χ0) is 21.9. The smallest absolute Gasteiger partial charge is 0.146 e. The van der Waals surface area contributed by atoms with Crippen molar-refractivity contribution in [2.75, 3.05) is 18.9 Å². The van der Waals surface area contributed by atoms with Gasteiger partial charge < -0.3 is 24.9 Å². The quantitative estimate of drug-likeness (QED) is 0.606. The lowest BCUT2D eigenvalue weighted by Crippen LogP contribution is -2.32. The number of hydrogen-bond donors (Lipinski definition) is 2. The summed E-state index contributed by atoms with van der Waals surface area (Å²) in [6, 6.07) is 8.49. The van der Waals surface area contributed by atoms with Crippen molar-refractivity contribution in [2.45, 2.75) is 62.7 Å². The maximum atomic E-state index is 9.43. The Morgan fingerprint density at radius 1 is 1.22 bits per heavy atom. The largest absolute Gasteiger partial charge is 0.491 e. The molecule has 32 heavy (non-hydrogen) atoms. The molecule has 1 saturated carbocycles. The van der Waals surface area contributed by atoms with Gasteiger partial charge in [-0.2, -0.15) is 0 Å². The van der Waals surface area contributed by atoms with Crippen LogP contribution in [0.2, 0.25) is 0 Å². The van der Waals surface area contributed by atoms with Crippen molar-refractivity contribution in [1.82, 2.24) is 14.5 Å². The fourth-order valence-electron chi connectivity index (χ4n) is 5.79. The first-order valence-electron chi connectivity index (χ1n) is 11.6. The van der Waals surface area contributed by atoms with Crippen molar-refractivity contribution >= 4 is 16.9 Å². The number of anilines is 1. The third-order valence-electron chi connectivity index (χ3n) is 7.83. The minimum absolute atomic E-state index is 0.0428. The van der Waals surface area contributed by atoms with E-state index < -0.39 is 0 Å². The number of benzene rings is 1. The summed E-state index contributed by atoms with van der Waals surface area (Å²) in [5, 5.41) is 10.3. The van der Waals surface area contributed by atoms with Gasteiger partial charge in [0.25, 0.3) is 0 Å². The number of nitrogens with two attached hydrogens (primary N) is 1. The van der Waals surface area contributed by atoms with Gasteiger partial charge in [-0.1, -0.05) is 12.1 Å². The zero-order valence-electron chi connectivity index (χ0n) is 18.5. The molecule has 3 aromatic rings. The summed E-state index contributed by atoms with van der Waals surface area (Å²) in [4.78, 5) is 8.79. The molecule has 1 aliphatic carbocycles. The number of hydrogen-bond acceptors (Lipinski definition) is 6. The van der Waals surface area contributed by atoms with Crippen LogP contribution < -0.4 is 10.5 Å². The second-order valence-electron chi connectivity index (χ2n) is 10.1. The average Bonchev–Trinajstić information content (AvgIpc) is 3.42. The minimum Gasteiger partial charge on any atom is -0.491 e. The number of aliphatic hydroxyl groups is 1. The minimum atomic E-state index is -0.132. The Bertz CT molecular complexity index is 1160. The van der Waals surface area contributed by atoms with Gasteiger partial charge in [0.15, 0.2) is 0 Å². The van der Waals surface area contributed by atoms with E-state index in [-0.39, 0.29) is 17.8 Å². The molecule has 3 N–H and O–H groups in total. The van der Waals surface area contributed by atoms with Crippen LogP contribution in [0.15, 0.2) is 36.8 Å². The number of aliphatic hydroxyl groups excluding tert-OH is 1. The molecule has 0 radical (unpaired) electrons. The molecule has 0 unspecified atom stereocenters. The first-order valence-corrected chi connectivity index (χ1v) is 11.6. The van der Waals surface area contributed by atoms with Gasteiger partial charge in [-0.15, -0.1) is 0 Å². The van der Waals surface area contributed by atoms with E-state index in [1.807, 2.05) is 12.1 Å². The standard InChI is InChI=1S/C25H30N4O3/c1-24-5-7-25(32-24,8-6-24)14-31-19-4-2-3-17(11-19)20-12-29(18-9-16(10-18)13-30)23-21(20)22(26)27-15-28-23/h2-4,11-12,15-16,18,30H,5-10,13-14H2,1H3,(H2,26,27,28)/t16?,18?,24-,25+. The highest BCUT2D eigenvalue weighted by molar-refractivity contribution is 6.00. The third kappa shape index (κ3) is 3.18. The van der Waals surface area contributed by atoms with Gasteiger partial charge in [0.05, 0.1) is 11.0 Å². The van der Waals surface area contributed by atoms with Gasteiger partial charge >= 0.3 is 0 Å². The Kier molecular flexibility index (Phi) is 4.49. The molecule has 0 atom stereocenters. The molecule has 6 rings (SSSR count). The fraction of sp³-hybridized carbons (Fsp3) is 0.520. The van der Waals surface area contributed by atoms with E-state index in [1.54, 1.807) is 0 Å².